The van der Waals surface area contributed by atoms with Gasteiger partial charge >= 0.3 is 11.6 Å². The zero-order chi connectivity index (χ0) is 21.3. The maximum absolute atomic E-state index is 15.4. The van der Waals surface area contributed by atoms with Crippen LogP contribution in [0.5, 0.6) is 0 Å². The number of nitrogens with zero attached hydrogens (tertiary/aromatic N) is 2. The van der Waals surface area contributed by atoms with Crippen molar-refractivity contribution in [1.29, 1.82) is 0 Å². The summed E-state index contributed by atoms with van der Waals surface area (Å²) in [6.45, 7) is 11.7. The first-order valence-corrected chi connectivity index (χ1v) is 15.8. The van der Waals surface area contributed by atoms with E-state index in [-0.39, 0.29) is 12.4 Å². The monoisotopic (exact) mass is 435 g/mol. The molecule has 0 aliphatic carbocycles. The summed E-state index contributed by atoms with van der Waals surface area (Å²) < 4.78 is 49.1. The molecule has 28 heavy (non-hydrogen) atoms. The van der Waals surface area contributed by atoms with Gasteiger partial charge in [-0.2, -0.15) is 13.8 Å². The molecule has 2 heterocycles. The van der Waals surface area contributed by atoms with Gasteiger partial charge in [0.2, 0.25) is 6.23 Å². The topological polar surface area (TPSA) is 88.6 Å². The fraction of sp³-hybridized carbons (Fsp3) is 0.765. The van der Waals surface area contributed by atoms with Gasteiger partial charge in [-0.3, -0.25) is 4.57 Å². The van der Waals surface area contributed by atoms with Crippen LogP contribution >= 0.6 is 0 Å². The van der Waals surface area contributed by atoms with Gasteiger partial charge in [0, 0.05) is 6.20 Å². The number of aromatic nitrogens is 2. The van der Waals surface area contributed by atoms with Gasteiger partial charge in [0.25, 0.3) is 0 Å². The normalized spacial score (nSPS) is 25.2. The van der Waals surface area contributed by atoms with Gasteiger partial charge in [0.05, 0.1) is 6.61 Å². The van der Waals surface area contributed by atoms with Crippen molar-refractivity contribution in [3.05, 3.63) is 22.7 Å². The highest BCUT2D eigenvalue weighted by Crippen LogP contribution is 2.45. The molecule has 0 amide bonds. The van der Waals surface area contributed by atoms with E-state index in [0.717, 1.165) is 10.6 Å². The molecule has 1 aliphatic heterocycles. The maximum Gasteiger partial charge on any atom is 0.351 e. The third kappa shape index (κ3) is 5.06. The fourth-order valence-corrected chi connectivity index (χ4v) is 4.67. The van der Waals surface area contributed by atoms with Gasteiger partial charge in [-0.05, 0) is 44.3 Å². The number of rotatable bonds is 8. The number of ether oxygens (including phenoxy) is 1. The van der Waals surface area contributed by atoms with Crippen LogP contribution < -0.4 is 11.4 Å². The van der Waals surface area contributed by atoms with Crippen molar-refractivity contribution < 1.29 is 22.4 Å². The molecule has 1 aliphatic rings. The van der Waals surface area contributed by atoms with E-state index in [4.69, 9.17) is 19.3 Å². The lowest BCUT2D eigenvalue weighted by atomic mass is 10.1. The van der Waals surface area contributed by atoms with Gasteiger partial charge in [-0.25, -0.2) is 4.79 Å². The Morgan fingerprint density at radius 1 is 1.25 bits per heavy atom. The number of hydrogen-bond acceptors (Lipinski definition) is 6. The molecule has 0 bridgehead atoms. The zero-order valence-electron chi connectivity index (χ0n) is 17.4. The number of anilines is 1. The number of alkyl halides is 2. The van der Waals surface area contributed by atoms with Crippen LogP contribution in [0.1, 0.15) is 20.1 Å². The van der Waals surface area contributed by atoms with Crippen molar-refractivity contribution in [2.75, 3.05) is 12.3 Å². The molecule has 1 saturated heterocycles. The maximum atomic E-state index is 15.4. The molecule has 1 fully saturated rings. The number of hydrogen-bond donors (Lipinski definition) is 1. The van der Waals surface area contributed by atoms with Crippen LogP contribution in [-0.2, 0) is 13.6 Å². The minimum Gasteiger partial charge on any atom is -0.415 e. The fourth-order valence-electron chi connectivity index (χ4n) is 2.69. The second kappa shape index (κ2) is 8.30. The van der Waals surface area contributed by atoms with Gasteiger partial charge in [0.1, 0.15) is 18.0 Å². The molecular formula is C17H31F2N3O4Si2. The predicted octanol–water partition coefficient (Wildman–Crippen LogP) is 3.21. The van der Waals surface area contributed by atoms with E-state index in [2.05, 4.69) is 4.98 Å². The highest BCUT2D eigenvalue weighted by Gasteiger charge is 2.62. The largest absolute Gasteiger partial charge is 0.415 e. The Labute approximate surface area is 166 Å². The van der Waals surface area contributed by atoms with Crippen molar-refractivity contribution in [2.24, 2.45) is 0 Å². The first-order valence-electron chi connectivity index (χ1n) is 9.52. The number of nitrogens with two attached hydrogens (primary N) is 1. The average molecular weight is 436 g/mol. The van der Waals surface area contributed by atoms with E-state index in [0.29, 0.717) is 6.04 Å². The minimum atomic E-state index is -3.42. The zero-order valence-corrected chi connectivity index (χ0v) is 19.4. The molecule has 2 rings (SSSR count). The molecule has 3 atom stereocenters. The Hall–Kier alpha value is -1.15. The van der Waals surface area contributed by atoms with Crippen LogP contribution in [-0.4, -0.2) is 50.9 Å². The van der Waals surface area contributed by atoms with Crippen molar-refractivity contribution >= 4 is 22.5 Å². The second-order valence-electron chi connectivity index (χ2n) is 8.32. The summed E-state index contributed by atoms with van der Waals surface area (Å²) in [5, 5.41) is 0. The van der Waals surface area contributed by atoms with Gasteiger partial charge in [-0.1, -0.05) is 13.8 Å². The third-order valence-electron chi connectivity index (χ3n) is 5.24. The summed E-state index contributed by atoms with van der Waals surface area (Å²) in [6.07, 6.45) is -3.12. The second-order valence-corrected chi connectivity index (χ2v) is 17.3. The summed E-state index contributed by atoms with van der Waals surface area (Å²) >= 11 is 0. The summed E-state index contributed by atoms with van der Waals surface area (Å²) in [5.41, 5.74) is 4.58. The molecule has 0 aromatic carbocycles. The highest BCUT2D eigenvalue weighted by molar-refractivity contribution is 6.71. The van der Waals surface area contributed by atoms with Crippen LogP contribution in [0.3, 0.4) is 0 Å². The smallest absolute Gasteiger partial charge is 0.351 e. The van der Waals surface area contributed by atoms with E-state index < -0.39 is 46.7 Å². The molecule has 2 N–H and O–H groups in total. The van der Waals surface area contributed by atoms with E-state index in [1.54, 1.807) is 0 Å². The number of halogens is 2. The van der Waals surface area contributed by atoms with Crippen molar-refractivity contribution in [1.82, 2.24) is 9.55 Å². The molecule has 11 heteroatoms. The summed E-state index contributed by atoms with van der Waals surface area (Å²) in [4.78, 5) is 15.7. The Bertz CT molecular complexity index is 745. The lowest BCUT2D eigenvalue weighted by Crippen LogP contribution is -2.49. The summed E-state index contributed by atoms with van der Waals surface area (Å²) in [5.74, 6) is -3.46. The van der Waals surface area contributed by atoms with Crippen molar-refractivity contribution in [3.8, 4) is 0 Å². The van der Waals surface area contributed by atoms with Crippen molar-refractivity contribution in [2.45, 2.75) is 76.5 Å². The minimum absolute atomic E-state index is 0.00480. The Balaban J connectivity index is 2.37. The van der Waals surface area contributed by atoms with E-state index in [1.165, 1.54) is 12.3 Å². The van der Waals surface area contributed by atoms with Crippen LogP contribution in [0.4, 0.5) is 14.6 Å². The molecule has 7 nitrogen and oxygen atoms in total. The average Bonchev–Trinajstić information content (AvgIpc) is 2.84. The van der Waals surface area contributed by atoms with Crippen LogP contribution in [0, 0.1) is 0 Å². The Morgan fingerprint density at radius 2 is 1.86 bits per heavy atom. The number of nitrogen functional groups attached to an aromatic ring is 1. The predicted molar refractivity (Wildman–Crippen MR) is 109 cm³/mol. The quantitative estimate of drug-likeness (QED) is 0.631. The molecule has 1 aromatic heterocycles. The molecule has 0 radical (unpaired) electrons. The first-order chi connectivity index (χ1) is 12.8. The lowest BCUT2D eigenvalue weighted by molar-refractivity contribution is -0.137. The van der Waals surface area contributed by atoms with Gasteiger partial charge < -0.3 is 19.3 Å². The van der Waals surface area contributed by atoms with Crippen LogP contribution in [0.2, 0.25) is 38.3 Å². The summed E-state index contributed by atoms with van der Waals surface area (Å²) in [6, 6.07) is 2.82. The molecular weight excluding hydrogens is 404 g/mol. The van der Waals surface area contributed by atoms with Crippen LogP contribution in [0.15, 0.2) is 17.1 Å². The molecule has 0 spiro atoms. The third-order valence-corrected chi connectivity index (χ3v) is 10.5. The Kier molecular flexibility index (Phi) is 6.86. The van der Waals surface area contributed by atoms with Gasteiger partial charge in [-0.15, -0.1) is 0 Å². The van der Waals surface area contributed by atoms with E-state index >= 15 is 8.78 Å². The molecule has 1 aromatic rings. The van der Waals surface area contributed by atoms with Crippen LogP contribution in [0.25, 0.3) is 0 Å². The first kappa shape index (κ1) is 23.1. The van der Waals surface area contributed by atoms with Gasteiger partial charge in [0.15, 0.2) is 16.6 Å². The Morgan fingerprint density at radius 3 is 2.39 bits per heavy atom. The SMILES string of the molecule is CC[Si](C)(C)OCC1OC(n2ccc(N)nc2=O)C(F)(F)C1O[Si](C)(C)CC. The van der Waals surface area contributed by atoms with E-state index in [1.807, 2.05) is 40.0 Å². The standard InChI is InChI=1S/C17H31F2N3O4Si2/c1-7-27(3,4)24-11-12-14(26-28(5,6)8-2)17(18,19)15(25-12)22-10-9-13(20)21-16(22)23/h9-10,12,14-15H,7-8,11H2,1-6H3,(H2,20,21,23). The van der Waals surface area contributed by atoms with Crippen molar-refractivity contribution in [3.63, 3.8) is 0 Å². The summed E-state index contributed by atoms with van der Waals surface area (Å²) in [7, 11) is -4.31. The highest BCUT2D eigenvalue weighted by atomic mass is 28.4. The van der Waals surface area contributed by atoms with E-state index in [9.17, 15) is 4.79 Å². The molecule has 3 unspecified atom stereocenters. The molecule has 0 saturated carbocycles. The lowest BCUT2D eigenvalue weighted by Gasteiger charge is -2.32. The molecule has 160 valence electrons.